The lowest BCUT2D eigenvalue weighted by molar-refractivity contribution is 0.0368. The first-order chi connectivity index (χ1) is 17.0. The van der Waals surface area contributed by atoms with Crippen LogP contribution in [0.25, 0.3) is 0 Å². The minimum Gasteiger partial charge on any atom is -0.379 e. The van der Waals surface area contributed by atoms with Crippen molar-refractivity contribution in [3.8, 4) is 0 Å². The lowest BCUT2D eigenvalue weighted by Gasteiger charge is -2.32. The first kappa shape index (κ1) is 25.9. The van der Waals surface area contributed by atoms with E-state index in [1.165, 1.54) is 53.7 Å². The van der Waals surface area contributed by atoms with E-state index < -0.39 is 0 Å². The van der Waals surface area contributed by atoms with E-state index in [1.54, 1.807) is 0 Å². The molecule has 2 aromatic carbocycles. The molecule has 4 rings (SSSR count). The van der Waals surface area contributed by atoms with Crippen molar-refractivity contribution >= 4 is 28.7 Å². The highest BCUT2D eigenvalue weighted by molar-refractivity contribution is 7.80. The predicted octanol–water partition coefficient (Wildman–Crippen LogP) is 5.39. The monoisotopic (exact) mass is 494 g/mol. The van der Waals surface area contributed by atoms with Crippen LogP contribution in [0.3, 0.4) is 0 Å². The summed E-state index contributed by atoms with van der Waals surface area (Å²) in [6.07, 6.45) is 4.69. The summed E-state index contributed by atoms with van der Waals surface area (Å²) in [6.45, 7) is 15.5. The summed E-state index contributed by atoms with van der Waals surface area (Å²) in [5, 5.41) is 4.34. The number of fused-ring (bicyclic) bond motifs is 1. The molecule has 0 amide bonds. The van der Waals surface area contributed by atoms with Crippen molar-refractivity contribution in [2.24, 2.45) is 0 Å². The highest BCUT2D eigenvalue weighted by Gasteiger charge is 2.18. The van der Waals surface area contributed by atoms with E-state index in [9.17, 15) is 0 Å². The molecule has 2 aliphatic heterocycles. The molecular formula is C29H42N4OS. The zero-order valence-electron chi connectivity index (χ0n) is 21.8. The van der Waals surface area contributed by atoms with Crippen LogP contribution in [0.4, 0.5) is 11.4 Å². The standard InChI is InChI=1S/C29H42N4OS/c1-4-10-32-12-5-7-26-21-25(8-9-28(26)32)22-33(13-6-11-31-14-16-34-17-15-31)29(35)30-27-19-23(2)18-24(3)20-27/h8-9,18-21H,4-7,10-17,22H2,1-3H3,(H,30,35). The maximum atomic E-state index is 5.96. The summed E-state index contributed by atoms with van der Waals surface area (Å²) in [6, 6.07) is 13.6. The Balaban J connectivity index is 1.46. The number of hydrogen-bond acceptors (Lipinski definition) is 4. The second kappa shape index (κ2) is 12.7. The Morgan fingerprint density at radius 3 is 2.54 bits per heavy atom. The molecule has 1 fully saturated rings. The zero-order valence-corrected chi connectivity index (χ0v) is 22.6. The Kier molecular flexibility index (Phi) is 9.41. The van der Waals surface area contributed by atoms with E-state index in [0.29, 0.717) is 0 Å². The molecule has 2 aromatic rings. The van der Waals surface area contributed by atoms with Crippen LogP contribution in [0.5, 0.6) is 0 Å². The third-order valence-corrected chi connectivity index (χ3v) is 7.35. The van der Waals surface area contributed by atoms with Crippen molar-refractivity contribution in [1.29, 1.82) is 0 Å². The topological polar surface area (TPSA) is 31.0 Å². The van der Waals surface area contributed by atoms with Crippen LogP contribution in [0.1, 0.15) is 48.4 Å². The first-order valence-corrected chi connectivity index (χ1v) is 13.7. The molecule has 6 heteroatoms. The number of nitrogens with zero attached hydrogens (tertiary/aromatic N) is 3. The number of hydrogen-bond donors (Lipinski definition) is 1. The maximum Gasteiger partial charge on any atom is 0.173 e. The largest absolute Gasteiger partial charge is 0.379 e. The van der Waals surface area contributed by atoms with E-state index in [-0.39, 0.29) is 0 Å². The van der Waals surface area contributed by atoms with Crippen molar-refractivity contribution in [3.05, 3.63) is 58.7 Å². The number of aryl methyl sites for hydroxylation is 3. The summed E-state index contributed by atoms with van der Waals surface area (Å²) in [5.74, 6) is 0. The third-order valence-electron chi connectivity index (χ3n) is 6.99. The van der Waals surface area contributed by atoms with Gasteiger partial charge >= 0.3 is 0 Å². The molecule has 0 atom stereocenters. The third kappa shape index (κ3) is 7.42. The van der Waals surface area contributed by atoms with E-state index in [0.717, 1.165) is 69.7 Å². The SMILES string of the molecule is CCCN1CCCc2cc(CN(CCCN3CCOCC3)C(=S)Nc3cc(C)cc(C)c3)ccc21. The molecule has 0 aromatic heterocycles. The van der Waals surface area contributed by atoms with Gasteiger partial charge in [-0.15, -0.1) is 0 Å². The van der Waals surface area contributed by atoms with Gasteiger partial charge in [0.1, 0.15) is 0 Å². The van der Waals surface area contributed by atoms with E-state index >= 15 is 0 Å². The summed E-state index contributed by atoms with van der Waals surface area (Å²) in [5.41, 5.74) is 7.84. The number of thiocarbonyl (C=S) groups is 1. The fourth-order valence-electron chi connectivity index (χ4n) is 5.36. The molecule has 1 saturated heterocycles. The van der Waals surface area contributed by atoms with Gasteiger partial charge in [-0.05, 0) is 92.2 Å². The second-order valence-electron chi connectivity index (χ2n) is 10.1. The molecule has 2 aliphatic rings. The number of rotatable bonds is 9. The molecule has 0 radical (unpaired) electrons. The van der Waals surface area contributed by atoms with Crippen LogP contribution in [-0.4, -0.2) is 67.4 Å². The lowest BCUT2D eigenvalue weighted by atomic mass is 9.98. The normalized spacial score (nSPS) is 16.1. The molecule has 0 bridgehead atoms. The molecule has 2 heterocycles. The minimum atomic E-state index is 0.808. The highest BCUT2D eigenvalue weighted by atomic mass is 32.1. The average Bonchev–Trinajstić information content (AvgIpc) is 2.83. The predicted molar refractivity (Wildman–Crippen MR) is 152 cm³/mol. The Morgan fingerprint density at radius 2 is 1.80 bits per heavy atom. The highest BCUT2D eigenvalue weighted by Crippen LogP contribution is 2.29. The van der Waals surface area contributed by atoms with Crippen LogP contribution in [-0.2, 0) is 17.7 Å². The molecule has 190 valence electrons. The lowest BCUT2D eigenvalue weighted by Crippen LogP contribution is -2.40. The molecule has 5 nitrogen and oxygen atoms in total. The van der Waals surface area contributed by atoms with Crippen LogP contribution in [0.2, 0.25) is 0 Å². The average molecular weight is 495 g/mol. The van der Waals surface area contributed by atoms with Crippen molar-refractivity contribution < 1.29 is 4.74 Å². The molecule has 0 unspecified atom stereocenters. The number of benzene rings is 2. The number of morpholine rings is 1. The van der Waals surface area contributed by atoms with Gasteiger partial charge in [0.2, 0.25) is 0 Å². The number of anilines is 2. The summed E-state index contributed by atoms with van der Waals surface area (Å²) in [4.78, 5) is 7.40. The van der Waals surface area contributed by atoms with E-state index in [4.69, 9.17) is 17.0 Å². The summed E-state index contributed by atoms with van der Waals surface area (Å²) < 4.78 is 5.51. The van der Waals surface area contributed by atoms with Gasteiger partial charge in [0.05, 0.1) is 13.2 Å². The second-order valence-corrected chi connectivity index (χ2v) is 10.5. The van der Waals surface area contributed by atoms with Crippen molar-refractivity contribution in [2.45, 2.75) is 53.0 Å². The molecule has 0 saturated carbocycles. The van der Waals surface area contributed by atoms with Gasteiger partial charge in [-0.1, -0.05) is 25.1 Å². The van der Waals surface area contributed by atoms with Crippen molar-refractivity contribution in [1.82, 2.24) is 9.80 Å². The number of nitrogens with one attached hydrogen (secondary N) is 1. The smallest absolute Gasteiger partial charge is 0.173 e. The maximum absolute atomic E-state index is 5.96. The Hall–Kier alpha value is -2.15. The fourth-order valence-corrected chi connectivity index (χ4v) is 5.63. The quantitative estimate of drug-likeness (QED) is 0.471. The molecule has 35 heavy (non-hydrogen) atoms. The van der Waals surface area contributed by atoms with Crippen LogP contribution in [0, 0.1) is 13.8 Å². The van der Waals surface area contributed by atoms with Crippen LogP contribution < -0.4 is 10.2 Å². The van der Waals surface area contributed by atoms with Gasteiger partial charge in [0.15, 0.2) is 5.11 Å². The molecule has 1 N–H and O–H groups in total. The van der Waals surface area contributed by atoms with Gasteiger partial charge in [0, 0.05) is 57.2 Å². The summed E-state index contributed by atoms with van der Waals surface area (Å²) >= 11 is 5.96. The summed E-state index contributed by atoms with van der Waals surface area (Å²) in [7, 11) is 0. The Bertz CT molecular complexity index is 968. The van der Waals surface area contributed by atoms with Gasteiger partial charge in [-0.25, -0.2) is 0 Å². The minimum absolute atomic E-state index is 0.808. The van der Waals surface area contributed by atoms with Gasteiger partial charge in [-0.3, -0.25) is 4.90 Å². The number of ether oxygens (including phenoxy) is 1. The van der Waals surface area contributed by atoms with Gasteiger partial charge in [-0.2, -0.15) is 0 Å². The van der Waals surface area contributed by atoms with E-state index in [2.05, 4.69) is 77.2 Å². The Morgan fingerprint density at radius 1 is 1.03 bits per heavy atom. The zero-order chi connectivity index (χ0) is 24.6. The van der Waals surface area contributed by atoms with Crippen molar-refractivity contribution in [3.63, 3.8) is 0 Å². The molecular weight excluding hydrogens is 452 g/mol. The van der Waals surface area contributed by atoms with Crippen LogP contribution >= 0.6 is 12.2 Å². The first-order valence-electron chi connectivity index (χ1n) is 13.3. The van der Waals surface area contributed by atoms with Crippen molar-refractivity contribution in [2.75, 3.05) is 62.7 Å². The fraction of sp³-hybridized carbons (Fsp3) is 0.552. The molecule has 0 spiro atoms. The van der Waals surface area contributed by atoms with Crippen LogP contribution in [0.15, 0.2) is 36.4 Å². The van der Waals surface area contributed by atoms with Gasteiger partial charge in [0.25, 0.3) is 0 Å². The van der Waals surface area contributed by atoms with E-state index in [1.807, 2.05) is 0 Å². The van der Waals surface area contributed by atoms with Gasteiger partial charge < -0.3 is 19.9 Å². The Labute approximate surface area is 217 Å². The molecule has 0 aliphatic carbocycles.